The number of hydrogen-bond donors (Lipinski definition) is 0. The summed E-state index contributed by atoms with van der Waals surface area (Å²) in [7, 11) is -0.239. The predicted octanol–water partition coefficient (Wildman–Crippen LogP) is 7.27. The van der Waals surface area contributed by atoms with Gasteiger partial charge in [-0.25, -0.2) is 24.3 Å². The van der Waals surface area contributed by atoms with Crippen LogP contribution in [0.3, 0.4) is 0 Å². The van der Waals surface area contributed by atoms with Crippen LogP contribution in [0.4, 0.5) is 0 Å². The van der Waals surface area contributed by atoms with Crippen LogP contribution in [0.1, 0.15) is 39.5 Å². The third-order valence-electron chi connectivity index (χ3n) is 5.51. The molecule has 4 rings (SSSR count). The Balaban J connectivity index is 0.000000235. The predicted molar refractivity (Wildman–Crippen MR) is 149 cm³/mol. The molecule has 0 atom stereocenters. The van der Waals surface area contributed by atoms with Gasteiger partial charge >= 0.3 is 17.1 Å². The van der Waals surface area contributed by atoms with Gasteiger partial charge in [-0.1, -0.05) is 108 Å². The molecule has 4 aromatic carbocycles. The van der Waals surface area contributed by atoms with Crippen molar-refractivity contribution in [2.24, 2.45) is 0 Å². The summed E-state index contributed by atoms with van der Waals surface area (Å²) in [5.41, 5.74) is 0. The van der Waals surface area contributed by atoms with Crippen LogP contribution in [-0.2, 0) is 17.1 Å². The topological polar surface area (TPSA) is 0 Å². The first-order chi connectivity index (χ1) is 15.8. The minimum atomic E-state index is -0.409. The van der Waals surface area contributed by atoms with Crippen LogP contribution in [0.25, 0.3) is 0 Å². The first-order valence-electron chi connectivity index (χ1n) is 11.9. The fourth-order valence-electron chi connectivity index (χ4n) is 3.76. The Kier molecular flexibility index (Phi) is 13.6. The summed E-state index contributed by atoms with van der Waals surface area (Å²) in [5.74, 6) is 0. The van der Waals surface area contributed by atoms with Gasteiger partial charge in [-0.05, 0) is 22.9 Å². The quantitative estimate of drug-likeness (QED) is 0.119. The van der Waals surface area contributed by atoms with Crippen molar-refractivity contribution < 1.29 is 17.1 Å². The van der Waals surface area contributed by atoms with Crippen molar-refractivity contribution in [2.45, 2.75) is 39.5 Å². The van der Waals surface area contributed by atoms with Crippen LogP contribution in [0.15, 0.2) is 109 Å². The molecule has 0 aliphatic carbocycles. The average Bonchev–Trinajstić information content (AvgIpc) is 3.56. The van der Waals surface area contributed by atoms with E-state index in [-0.39, 0.29) is 25.0 Å². The summed E-state index contributed by atoms with van der Waals surface area (Å²) < 4.78 is 0. The molecule has 33 heavy (non-hydrogen) atoms. The van der Waals surface area contributed by atoms with Crippen molar-refractivity contribution >= 4 is 37.1 Å². The zero-order valence-electron chi connectivity index (χ0n) is 19.9. The van der Waals surface area contributed by atoms with Gasteiger partial charge in [0.05, 0.1) is 0 Å². The van der Waals surface area contributed by atoms with E-state index < -0.39 is 7.92 Å². The normalized spacial score (nSPS) is 10.5. The van der Waals surface area contributed by atoms with Gasteiger partial charge < -0.3 is 0 Å². The molecule has 0 saturated carbocycles. The third kappa shape index (κ3) is 9.00. The van der Waals surface area contributed by atoms with E-state index in [4.69, 9.17) is 0 Å². The van der Waals surface area contributed by atoms with Crippen molar-refractivity contribution in [3.8, 4) is 0 Å². The molecule has 0 fully saturated rings. The van der Waals surface area contributed by atoms with Crippen LogP contribution >= 0.6 is 15.8 Å². The van der Waals surface area contributed by atoms with Gasteiger partial charge in [0.2, 0.25) is 0 Å². The molecule has 0 bridgehead atoms. The van der Waals surface area contributed by atoms with E-state index in [0.29, 0.717) is 0 Å². The Bertz CT molecular complexity index is 900. The second-order valence-electron chi connectivity index (χ2n) is 7.99. The van der Waals surface area contributed by atoms with Gasteiger partial charge in [0.15, 0.2) is 0 Å². The monoisotopic (exact) mass is 514 g/mol. The molecule has 0 aromatic heterocycles. The molecule has 0 unspecified atom stereocenters. The molecular weight excluding hydrogens is 478 g/mol. The molecule has 0 aliphatic heterocycles. The van der Waals surface area contributed by atoms with Crippen LogP contribution in [0.2, 0.25) is 0 Å². The summed E-state index contributed by atoms with van der Waals surface area (Å²) >= 11 is 0. The van der Waals surface area contributed by atoms with Crippen LogP contribution in [0.5, 0.6) is 0 Å². The van der Waals surface area contributed by atoms with Crippen molar-refractivity contribution in [2.75, 3.05) is 12.3 Å². The summed E-state index contributed by atoms with van der Waals surface area (Å²) in [6.45, 7) is 4.58. The Morgan fingerprint density at radius 3 is 1.33 bits per heavy atom. The maximum Gasteiger partial charge on any atom is 2.00 e. The minimum absolute atomic E-state index is 0. The first kappa shape index (κ1) is 27.8. The average molecular weight is 514 g/mol. The molecule has 0 amide bonds. The number of benzene rings is 2. The Labute approximate surface area is 214 Å². The fourth-order valence-corrected chi connectivity index (χ4v) is 8.79. The summed E-state index contributed by atoms with van der Waals surface area (Å²) in [4.78, 5) is 0. The standard InChI is InChI=1S/C17H14P.C13H22P.Fe/c1-3-9-15(10-4-1)18(17-13-7-8-14-17)16-11-5-2-6-12-16;1-3-5-11-14(12-6-4-2)13-9-7-8-10-13;/h1-14H;7-10H,3-6,11-12H2,1-2H3;/q2*-1;+2. The fraction of sp³-hybridized carbons (Fsp3) is 0.267. The van der Waals surface area contributed by atoms with Crippen LogP contribution < -0.4 is 21.2 Å². The zero-order chi connectivity index (χ0) is 22.4. The van der Waals surface area contributed by atoms with Gasteiger partial charge in [0.1, 0.15) is 0 Å². The van der Waals surface area contributed by atoms with E-state index in [1.165, 1.54) is 53.9 Å². The zero-order valence-corrected chi connectivity index (χ0v) is 22.8. The van der Waals surface area contributed by atoms with Crippen molar-refractivity contribution in [3.05, 3.63) is 109 Å². The molecule has 0 nitrogen and oxygen atoms in total. The summed E-state index contributed by atoms with van der Waals surface area (Å²) in [5, 5.41) is 5.86. The largest absolute Gasteiger partial charge is 2.00 e. The van der Waals surface area contributed by atoms with Gasteiger partial charge in [-0.15, -0.1) is 18.5 Å². The Hall–Kier alpha value is -1.48. The minimum Gasteiger partial charge on any atom is -0.213 e. The maximum atomic E-state index is 2.32. The van der Waals surface area contributed by atoms with E-state index in [0.717, 1.165) is 0 Å². The molecule has 0 aliphatic rings. The molecule has 0 heterocycles. The number of rotatable bonds is 10. The Morgan fingerprint density at radius 1 is 0.545 bits per heavy atom. The molecule has 0 radical (unpaired) electrons. The number of hydrogen-bond acceptors (Lipinski definition) is 0. The summed E-state index contributed by atoms with van der Waals surface area (Å²) in [6, 6.07) is 39.2. The van der Waals surface area contributed by atoms with Gasteiger partial charge in [-0.3, -0.25) is 0 Å². The van der Waals surface area contributed by atoms with Crippen LogP contribution in [0, 0.1) is 0 Å². The molecule has 174 valence electrons. The third-order valence-corrected chi connectivity index (χ3v) is 10.7. The maximum absolute atomic E-state index is 2.32. The smallest absolute Gasteiger partial charge is 0.213 e. The second-order valence-corrected chi connectivity index (χ2v) is 12.7. The van der Waals surface area contributed by atoms with Crippen molar-refractivity contribution in [1.82, 2.24) is 0 Å². The van der Waals surface area contributed by atoms with E-state index in [1.54, 1.807) is 5.30 Å². The Morgan fingerprint density at radius 2 is 0.939 bits per heavy atom. The molecule has 0 saturated heterocycles. The van der Waals surface area contributed by atoms with E-state index in [9.17, 15) is 0 Å². The van der Waals surface area contributed by atoms with Crippen molar-refractivity contribution in [3.63, 3.8) is 0 Å². The van der Waals surface area contributed by atoms with Gasteiger partial charge in [0, 0.05) is 0 Å². The first-order valence-corrected chi connectivity index (χ1v) is 15.0. The van der Waals surface area contributed by atoms with Gasteiger partial charge in [-0.2, -0.15) is 24.3 Å². The second kappa shape index (κ2) is 16.2. The van der Waals surface area contributed by atoms with E-state index in [2.05, 4.69) is 123 Å². The van der Waals surface area contributed by atoms with E-state index >= 15 is 0 Å². The van der Waals surface area contributed by atoms with E-state index in [1.807, 2.05) is 0 Å². The molecular formula is C30H36FeP2. The van der Waals surface area contributed by atoms with Crippen molar-refractivity contribution in [1.29, 1.82) is 0 Å². The molecule has 0 spiro atoms. The van der Waals surface area contributed by atoms with Gasteiger partial charge in [0.25, 0.3) is 0 Å². The number of unbranched alkanes of at least 4 members (excludes halogenated alkanes) is 2. The van der Waals surface area contributed by atoms with Crippen LogP contribution in [-0.4, -0.2) is 12.3 Å². The molecule has 0 N–H and O–H groups in total. The molecule has 3 heteroatoms. The molecule has 4 aromatic rings. The summed E-state index contributed by atoms with van der Waals surface area (Å²) in [6.07, 6.45) is 8.37. The SMILES string of the molecule is CCCCP(CCCC)[c-]1cccc1.[Fe+2].c1ccc(P(c2ccccc2)[c-]2cccc2)cc1.